The van der Waals surface area contributed by atoms with E-state index < -0.39 is 6.04 Å². The lowest BCUT2D eigenvalue weighted by Gasteiger charge is -2.39. The van der Waals surface area contributed by atoms with Crippen LogP contribution in [0, 0.1) is 5.92 Å². The highest BCUT2D eigenvalue weighted by atomic mass is 32.1. The van der Waals surface area contributed by atoms with Crippen LogP contribution in [0.4, 0.5) is 0 Å². The van der Waals surface area contributed by atoms with Crippen LogP contribution in [0.5, 0.6) is 0 Å². The summed E-state index contributed by atoms with van der Waals surface area (Å²) in [5, 5.41) is 12.2. The molecular weight excluding hydrogens is 420 g/mol. The Morgan fingerprint density at radius 2 is 1.84 bits per heavy atom. The zero-order valence-corrected chi connectivity index (χ0v) is 20.1. The highest BCUT2D eigenvalue weighted by Gasteiger charge is 2.37. The Morgan fingerprint density at radius 3 is 2.56 bits per heavy atom. The third-order valence-electron chi connectivity index (χ3n) is 7.48. The highest BCUT2D eigenvalue weighted by Crippen LogP contribution is 2.29. The van der Waals surface area contributed by atoms with Gasteiger partial charge in [0.2, 0.25) is 11.8 Å². The first-order valence-electron chi connectivity index (χ1n) is 12.8. The van der Waals surface area contributed by atoms with Crippen molar-refractivity contribution in [3.63, 3.8) is 0 Å². The second-order valence-electron chi connectivity index (χ2n) is 9.84. The van der Waals surface area contributed by atoms with Crippen LogP contribution in [0.25, 0.3) is 0 Å². The maximum absolute atomic E-state index is 13.9. The summed E-state index contributed by atoms with van der Waals surface area (Å²) in [7, 11) is 0. The summed E-state index contributed by atoms with van der Waals surface area (Å²) in [5.74, 6) is 0.717. The molecule has 2 saturated carbocycles. The zero-order valence-electron chi connectivity index (χ0n) is 19.3. The minimum atomic E-state index is -0.432. The van der Waals surface area contributed by atoms with Gasteiger partial charge >= 0.3 is 0 Å². The van der Waals surface area contributed by atoms with Crippen molar-refractivity contribution in [1.29, 1.82) is 0 Å². The van der Waals surface area contributed by atoms with Crippen molar-refractivity contribution in [1.82, 2.24) is 20.9 Å². The molecule has 32 heavy (non-hydrogen) atoms. The monoisotopic (exact) mass is 460 g/mol. The predicted octanol–water partition coefficient (Wildman–Crippen LogP) is 3.43. The Labute approximate surface area is 196 Å². The normalized spacial score (nSPS) is 24.2. The van der Waals surface area contributed by atoms with E-state index in [9.17, 15) is 9.59 Å². The minimum absolute atomic E-state index is 0.0481. The Balaban J connectivity index is 1.42. The third kappa shape index (κ3) is 6.55. The van der Waals surface area contributed by atoms with Crippen LogP contribution in [-0.4, -0.2) is 54.5 Å². The highest BCUT2D eigenvalue weighted by molar-refractivity contribution is 7.09. The van der Waals surface area contributed by atoms with Gasteiger partial charge in [0.25, 0.3) is 0 Å². The molecule has 0 bridgehead atoms. The van der Waals surface area contributed by atoms with E-state index in [0.717, 1.165) is 17.8 Å². The summed E-state index contributed by atoms with van der Waals surface area (Å²) in [6.07, 6.45) is 13.5. The smallest absolute Gasteiger partial charge is 0.244 e. The number of carbonyl (C=O) groups excluding carboxylic acids is 2. The lowest BCUT2D eigenvalue weighted by atomic mass is 9.83. The fraction of sp³-hybridized carbons (Fsp3) is 0.760. The Kier molecular flexibility index (Phi) is 9.00. The van der Waals surface area contributed by atoms with E-state index in [4.69, 9.17) is 0 Å². The predicted molar refractivity (Wildman–Crippen MR) is 130 cm³/mol. The zero-order chi connectivity index (χ0) is 22.2. The summed E-state index contributed by atoms with van der Waals surface area (Å²) in [5.41, 5.74) is 0. The summed E-state index contributed by atoms with van der Waals surface area (Å²) >= 11 is 1.64. The number of thiophene rings is 1. The molecule has 2 aliphatic carbocycles. The molecule has 6 nitrogen and oxygen atoms in total. The first-order valence-corrected chi connectivity index (χ1v) is 13.7. The van der Waals surface area contributed by atoms with Crippen LogP contribution in [0.3, 0.4) is 0 Å². The molecule has 1 saturated heterocycles. The van der Waals surface area contributed by atoms with Crippen LogP contribution >= 0.6 is 11.3 Å². The largest absolute Gasteiger partial charge is 0.349 e. The van der Waals surface area contributed by atoms with Crippen molar-refractivity contribution in [2.45, 2.75) is 95.3 Å². The molecule has 7 heteroatoms. The van der Waals surface area contributed by atoms with E-state index in [0.29, 0.717) is 31.6 Å². The first kappa shape index (κ1) is 23.7. The lowest BCUT2D eigenvalue weighted by Crippen LogP contribution is -2.63. The van der Waals surface area contributed by atoms with E-state index in [-0.39, 0.29) is 17.9 Å². The van der Waals surface area contributed by atoms with Crippen molar-refractivity contribution < 1.29 is 9.59 Å². The number of piperazine rings is 1. The number of nitrogens with zero attached hydrogens (tertiary/aromatic N) is 1. The van der Waals surface area contributed by atoms with Gasteiger partial charge in [0, 0.05) is 30.6 Å². The van der Waals surface area contributed by atoms with Crippen LogP contribution in [0.2, 0.25) is 0 Å². The van der Waals surface area contributed by atoms with Crippen LogP contribution < -0.4 is 16.0 Å². The maximum Gasteiger partial charge on any atom is 0.244 e. The second-order valence-corrected chi connectivity index (χ2v) is 10.9. The standard InChI is InChI=1S/C25H40N4O2S/c30-24(27-17-21-12-7-15-32-21)23-18-26-13-14-29(23)25(31)22(16-19-8-3-1-4-9-19)28-20-10-5-2-6-11-20/h7,12,15,19-20,22-23,26,28H,1-6,8-11,13-14,16-18H2,(H,27,30)/t22?,23-/m0/s1. The van der Waals surface area contributed by atoms with Gasteiger partial charge in [0.05, 0.1) is 12.6 Å². The molecule has 0 aromatic carbocycles. The average Bonchev–Trinajstić information content (AvgIpc) is 3.37. The van der Waals surface area contributed by atoms with Gasteiger partial charge in [-0.15, -0.1) is 11.3 Å². The minimum Gasteiger partial charge on any atom is -0.349 e. The van der Waals surface area contributed by atoms with Crippen LogP contribution in [0.1, 0.15) is 75.5 Å². The first-order chi connectivity index (χ1) is 15.7. The van der Waals surface area contributed by atoms with Gasteiger partial charge in [-0.25, -0.2) is 0 Å². The number of nitrogens with one attached hydrogen (secondary N) is 3. The summed E-state index contributed by atoms with van der Waals surface area (Å²) in [4.78, 5) is 29.9. The van der Waals surface area contributed by atoms with Crippen LogP contribution in [-0.2, 0) is 16.1 Å². The van der Waals surface area contributed by atoms with E-state index in [1.54, 1.807) is 11.3 Å². The second kappa shape index (κ2) is 12.1. The average molecular weight is 461 g/mol. The fourth-order valence-corrected chi connectivity index (χ4v) is 6.30. The third-order valence-corrected chi connectivity index (χ3v) is 8.36. The summed E-state index contributed by atoms with van der Waals surface area (Å²) in [6.45, 7) is 2.41. The molecule has 1 aliphatic heterocycles. The Morgan fingerprint density at radius 1 is 1.09 bits per heavy atom. The molecular formula is C25H40N4O2S. The van der Waals surface area contributed by atoms with Gasteiger partial charge in [-0.05, 0) is 36.6 Å². The molecule has 3 fully saturated rings. The van der Waals surface area contributed by atoms with Gasteiger partial charge in [-0.3, -0.25) is 9.59 Å². The van der Waals surface area contributed by atoms with Crippen molar-refractivity contribution >= 4 is 23.2 Å². The molecule has 1 aromatic heterocycles. The van der Waals surface area contributed by atoms with E-state index >= 15 is 0 Å². The number of rotatable bonds is 8. The quantitative estimate of drug-likeness (QED) is 0.556. The molecule has 0 radical (unpaired) electrons. The van der Waals surface area contributed by atoms with Gasteiger partial charge in [-0.2, -0.15) is 0 Å². The van der Waals surface area contributed by atoms with Crippen molar-refractivity contribution in [3.05, 3.63) is 22.4 Å². The van der Waals surface area contributed by atoms with E-state index in [1.165, 1.54) is 64.2 Å². The van der Waals surface area contributed by atoms with Crippen molar-refractivity contribution in [2.75, 3.05) is 19.6 Å². The molecule has 3 N–H and O–H groups in total. The number of hydrogen-bond acceptors (Lipinski definition) is 5. The Bertz CT molecular complexity index is 694. The van der Waals surface area contributed by atoms with E-state index in [2.05, 4.69) is 16.0 Å². The molecule has 1 aromatic rings. The molecule has 2 amide bonds. The molecule has 178 valence electrons. The molecule has 1 unspecified atom stereocenters. The molecule has 4 rings (SSSR count). The van der Waals surface area contributed by atoms with Crippen molar-refractivity contribution in [3.8, 4) is 0 Å². The number of hydrogen-bond donors (Lipinski definition) is 3. The molecule has 2 atom stereocenters. The van der Waals surface area contributed by atoms with Crippen molar-refractivity contribution in [2.24, 2.45) is 5.92 Å². The maximum atomic E-state index is 13.9. The molecule has 3 aliphatic rings. The summed E-state index contributed by atoms with van der Waals surface area (Å²) in [6, 6.07) is 3.87. The lowest BCUT2D eigenvalue weighted by molar-refractivity contribution is -0.143. The van der Waals surface area contributed by atoms with Gasteiger partial charge in [0.1, 0.15) is 6.04 Å². The topological polar surface area (TPSA) is 73.5 Å². The Hall–Kier alpha value is -1.44. The molecule has 0 spiro atoms. The fourth-order valence-electron chi connectivity index (χ4n) is 5.66. The number of carbonyl (C=O) groups is 2. The summed E-state index contributed by atoms with van der Waals surface area (Å²) < 4.78 is 0. The van der Waals surface area contributed by atoms with Gasteiger partial charge in [-0.1, -0.05) is 57.4 Å². The van der Waals surface area contributed by atoms with Gasteiger partial charge < -0.3 is 20.9 Å². The van der Waals surface area contributed by atoms with E-state index in [1.807, 2.05) is 22.4 Å². The van der Waals surface area contributed by atoms with Crippen LogP contribution in [0.15, 0.2) is 17.5 Å². The van der Waals surface area contributed by atoms with Gasteiger partial charge in [0.15, 0.2) is 0 Å². The SMILES string of the molecule is O=C(NCc1cccs1)[C@@H]1CNCCN1C(=O)C(CC1CCCCC1)NC1CCCCC1. The number of amides is 2. The molecule has 2 heterocycles.